The maximum atomic E-state index is 15.9. The van der Waals surface area contributed by atoms with Crippen LogP contribution in [0.3, 0.4) is 0 Å². The number of nitrogens with one attached hydrogen (secondary N) is 1. The molecule has 4 rings (SSSR count). The van der Waals surface area contributed by atoms with Crippen LogP contribution in [-0.2, 0) is 22.9 Å². The summed E-state index contributed by atoms with van der Waals surface area (Å²) in [6.45, 7) is 6.98. The lowest BCUT2D eigenvalue weighted by atomic mass is 9.98. The van der Waals surface area contributed by atoms with Gasteiger partial charge >= 0.3 is 7.82 Å². The molecule has 5 unspecified atom stereocenters. The van der Waals surface area contributed by atoms with Gasteiger partial charge in [0, 0.05) is 0 Å². The predicted octanol–water partition coefficient (Wildman–Crippen LogP) is 2.05. The van der Waals surface area contributed by atoms with Crippen LogP contribution in [0.25, 0.3) is 0 Å². The molecule has 2 saturated heterocycles. The Morgan fingerprint density at radius 2 is 2.24 bits per heavy atom. The fraction of sp³-hybridized carbons (Fsp3) is 0.750. The number of ether oxygens (including phenoxy) is 2. The number of phosphoric acid groups is 1. The quantitative estimate of drug-likeness (QED) is 0.662. The standard InChI is InChI=1S/C16H25FN5O6P/c1-5-24-13-10-12(20-15(18)21-13)22(7-19-10)14-16(4,17)11-9(26-14)6-25-29(23,28-11)27-8(2)3/h8-9,11,14,19H,5-7H2,1-4H3,(H2,18,20,21). The zero-order chi connectivity index (χ0) is 21.0. The van der Waals surface area contributed by atoms with E-state index in [0.717, 1.165) is 0 Å². The fourth-order valence-electron chi connectivity index (χ4n) is 3.68. The molecule has 0 radical (unpaired) electrons. The number of alkyl halides is 1. The summed E-state index contributed by atoms with van der Waals surface area (Å²) in [5.41, 5.74) is 4.26. The smallest absolute Gasteiger partial charge is 0.475 e. The Morgan fingerprint density at radius 1 is 1.48 bits per heavy atom. The van der Waals surface area contributed by atoms with Gasteiger partial charge in [-0.2, -0.15) is 9.97 Å². The zero-order valence-corrected chi connectivity index (χ0v) is 17.5. The molecule has 0 saturated carbocycles. The highest BCUT2D eigenvalue weighted by Crippen LogP contribution is 2.59. The van der Waals surface area contributed by atoms with E-state index < -0.39 is 38.0 Å². The van der Waals surface area contributed by atoms with E-state index in [9.17, 15) is 4.57 Å². The molecule has 3 aliphatic heterocycles. The molecule has 1 aromatic heterocycles. The molecule has 1 aromatic rings. The van der Waals surface area contributed by atoms with Gasteiger partial charge in [0.05, 0.1) is 26.0 Å². The number of hydrogen-bond donors (Lipinski definition) is 2. The molecular formula is C16H25FN5O6P. The summed E-state index contributed by atoms with van der Waals surface area (Å²) in [5, 5.41) is 3.09. The van der Waals surface area contributed by atoms with E-state index in [1.807, 2.05) is 6.92 Å². The summed E-state index contributed by atoms with van der Waals surface area (Å²) < 4.78 is 56.0. The Balaban J connectivity index is 1.62. The molecule has 5 atom stereocenters. The minimum absolute atomic E-state index is 0.00806. The van der Waals surface area contributed by atoms with Crippen LogP contribution in [0.15, 0.2) is 0 Å². The van der Waals surface area contributed by atoms with Gasteiger partial charge in [0.1, 0.15) is 17.9 Å². The first-order valence-electron chi connectivity index (χ1n) is 9.41. The molecular weight excluding hydrogens is 408 g/mol. The number of nitrogens with two attached hydrogens (primary N) is 1. The van der Waals surface area contributed by atoms with E-state index in [4.69, 9.17) is 28.8 Å². The fourth-order valence-corrected chi connectivity index (χ4v) is 5.32. The van der Waals surface area contributed by atoms with Crippen molar-refractivity contribution in [2.75, 3.05) is 35.8 Å². The molecule has 0 amide bonds. The maximum absolute atomic E-state index is 15.9. The van der Waals surface area contributed by atoms with E-state index in [-0.39, 0.29) is 25.1 Å². The molecule has 3 N–H and O–H groups in total. The number of hydrogen-bond acceptors (Lipinski definition) is 11. The SMILES string of the molecule is CCOc1nc(N)nc2c1NCN2C1OC2COP(=O)(OC(C)C)OC2C1(C)F. The first-order chi connectivity index (χ1) is 13.6. The van der Waals surface area contributed by atoms with Gasteiger partial charge in [-0.15, -0.1) is 0 Å². The molecule has 29 heavy (non-hydrogen) atoms. The van der Waals surface area contributed by atoms with Crippen molar-refractivity contribution >= 4 is 25.3 Å². The Hall–Kier alpha value is -1.72. The van der Waals surface area contributed by atoms with Crippen molar-refractivity contribution in [1.82, 2.24) is 9.97 Å². The van der Waals surface area contributed by atoms with Gasteiger partial charge in [-0.05, 0) is 27.7 Å². The van der Waals surface area contributed by atoms with Crippen molar-refractivity contribution in [2.24, 2.45) is 0 Å². The van der Waals surface area contributed by atoms with Crippen molar-refractivity contribution in [1.29, 1.82) is 0 Å². The Bertz CT molecular complexity index is 842. The lowest BCUT2D eigenvalue weighted by molar-refractivity contribution is -0.0660. The van der Waals surface area contributed by atoms with Crippen LogP contribution in [0, 0.1) is 0 Å². The van der Waals surface area contributed by atoms with E-state index in [0.29, 0.717) is 18.1 Å². The largest absolute Gasteiger partial charge is 0.476 e. The normalized spacial score (nSPS) is 36.1. The Kier molecular flexibility index (Phi) is 5.11. The van der Waals surface area contributed by atoms with E-state index >= 15 is 4.39 Å². The van der Waals surface area contributed by atoms with E-state index in [1.165, 1.54) is 6.92 Å². The van der Waals surface area contributed by atoms with Gasteiger partial charge in [0.2, 0.25) is 11.8 Å². The summed E-state index contributed by atoms with van der Waals surface area (Å²) in [7, 11) is -3.89. The van der Waals surface area contributed by atoms with Crippen molar-refractivity contribution < 1.29 is 32.0 Å². The predicted molar refractivity (Wildman–Crippen MR) is 101 cm³/mol. The number of aromatic nitrogens is 2. The molecule has 162 valence electrons. The average Bonchev–Trinajstić information content (AvgIpc) is 3.13. The van der Waals surface area contributed by atoms with Gasteiger partial charge in [-0.25, -0.2) is 8.96 Å². The van der Waals surface area contributed by atoms with Crippen LogP contribution in [0.4, 0.5) is 21.8 Å². The van der Waals surface area contributed by atoms with Crippen LogP contribution in [0.2, 0.25) is 0 Å². The molecule has 0 bridgehead atoms. The summed E-state index contributed by atoms with van der Waals surface area (Å²) in [5.74, 6) is 0.630. The summed E-state index contributed by atoms with van der Waals surface area (Å²) in [4.78, 5) is 9.87. The third-order valence-corrected chi connectivity index (χ3v) is 6.43. The average molecular weight is 433 g/mol. The van der Waals surface area contributed by atoms with Crippen LogP contribution in [0.1, 0.15) is 27.7 Å². The van der Waals surface area contributed by atoms with Gasteiger partial charge in [-0.1, -0.05) is 0 Å². The minimum Gasteiger partial charge on any atom is -0.476 e. The highest BCUT2D eigenvalue weighted by Gasteiger charge is 2.63. The highest BCUT2D eigenvalue weighted by molar-refractivity contribution is 7.48. The van der Waals surface area contributed by atoms with Crippen molar-refractivity contribution in [3.8, 4) is 5.88 Å². The van der Waals surface area contributed by atoms with Gasteiger partial charge in [0.25, 0.3) is 0 Å². The third-order valence-electron chi connectivity index (χ3n) is 4.80. The molecule has 4 heterocycles. The number of halogens is 1. The van der Waals surface area contributed by atoms with Crippen LogP contribution >= 0.6 is 7.82 Å². The van der Waals surface area contributed by atoms with E-state index in [2.05, 4.69) is 15.3 Å². The number of nitrogens with zero attached hydrogens (tertiary/aromatic N) is 3. The molecule has 0 spiro atoms. The van der Waals surface area contributed by atoms with Gasteiger partial charge in [-0.3, -0.25) is 13.6 Å². The lowest BCUT2D eigenvalue weighted by Crippen LogP contribution is -2.51. The van der Waals surface area contributed by atoms with Crippen LogP contribution in [-0.4, -0.2) is 60.1 Å². The number of nitrogen functional groups attached to an aromatic ring is 1. The minimum atomic E-state index is -3.89. The molecule has 0 aromatic carbocycles. The molecule has 13 heteroatoms. The number of phosphoric ester groups is 1. The van der Waals surface area contributed by atoms with Crippen LogP contribution < -0.4 is 20.7 Å². The zero-order valence-electron chi connectivity index (χ0n) is 16.6. The molecule has 0 aliphatic carbocycles. The van der Waals surface area contributed by atoms with Crippen molar-refractivity contribution in [2.45, 2.75) is 57.9 Å². The second kappa shape index (κ2) is 7.21. The molecule has 11 nitrogen and oxygen atoms in total. The second-order valence-corrected chi connectivity index (χ2v) is 9.00. The van der Waals surface area contributed by atoms with Crippen molar-refractivity contribution in [3.05, 3.63) is 0 Å². The third kappa shape index (κ3) is 3.53. The first kappa shape index (κ1) is 20.5. The number of anilines is 3. The lowest BCUT2D eigenvalue weighted by Gasteiger charge is -2.35. The van der Waals surface area contributed by atoms with Gasteiger partial charge in [0.15, 0.2) is 17.7 Å². The Labute approximate surface area is 167 Å². The molecule has 2 fully saturated rings. The Morgan fingerprint density at radius 3 is 2.93 bits per heavy atom. The van der Waals surface area contributed by atoms with Crippen molar-refractivity contribution in [3.63, 3.8) is 0 Å². The molecule has 3 aliphatic rings. The van der Waals surface area contributed by atoms with Gasteiger partial charge < -0.3 is 25.4 Å². The summed E-state index contributed by atoms with van der Waals surface area (Å²) in [6.07, 6.45) is -3.40. The monoisotopic (exact) mass is 433 g/mol. The number of rotatable bonds is 5. The summed E-state index contributed by atoms with van der Waals surface area (Å²) >= 11 is 0. The first-order valence-corrected chi connectivity index (χ1v) is 10.9. The number of fused-ring (bicyclic) bond motifs is 2. The second-order valence-electron chi connectivity index (χ2n) is 7.42. The topological polar surface area (TPSA) is 130 Å². The summed E-state index contributed by atoms with van der Waals surface area (Å²) in [6, 6.07) is 0. The van der Waals surface area contributed by atoms with E-state index in [1.54, 1.807) is 18.7 Å². The maximum Gasteiger partial charge on any atom is 0.475 e. The van der Waals surface area contributed by atoms with Crippen LogP contribution in [0.5, 0.6) is 5.88 Å². The highest BCUT2D eigenvalue weighted by atomic mass is 31.2.